The molecule has 6 nitrogen and oxygen atoms in total. The first kappa shape index (κ1) is 20.7. The summed E-state index contributed by atoms with van der Waals surface area (Å²) in [4.78, 5) is 18.5. The largest absolute Gasteiger partial charge is 0.486 e. The van der Waals surface area contributed by atoms with Crippen molar-refractivity contribution in [2.75, 3.05) is 13.2 Å². The molecule has 0 saturated carbocycles. The molecule has 6 rings (SSSR count). The fourth-order valence-corrected chi connectivity index (χ4v) is 5.14. The van der Waals surface area contributed by atoms with E-state index in [-0.39, 0.29) is 17.8 Å². The second kappa shape index (κ2) is 8.14. The van der Waals surface area contributed by atoms with Gasteiger partial charge < -0.3 is 14.8 Å². The van der Waals surface area contributed by atoms with Gasteiger partial charge in [0.25, 0.3) is 5.91 Å². The minimum atomic E-state index is -0.274. The highest BCUT2D eigenvalue weighted by molar-refractivity contribution is 7.23. The number of nitrogens with zero attached hydrogens (tertiary/aromatic N) is 2. The molecule has 8 heteroatoms. The van der Waals surface area contributed by atoms with Crippen molar-refractivity contribution in [2.45, 2.75) is 13.0 Å². The molecule has 2 aromatic heterocycles. The number of fused-ring (bicyclic) bond motifs is 4. The average molecular weight is 474 g/mol. The third-order valence-corrected chi connectivity index (χ3v) is 6.93. The number of hydrogen-bond acceptors (Lipinski definition) is 5. The maximum atomic E-state index is 13.2. The quantitative estimate of drug-likeness (QED) is 0.368. The summed E-state index contributed by atoms with van der Waals surface area (Å²) < 4.78 is 27.4. The van der Waals surface area contributed by atoms with Gasteiger partial charge in [0.15, 0.2) is 16.5 Å². The fourth-order valence-electron chi connectivity index (χ4n) is 4.09. The molecular formula is C26H20FN3O3S. The van der Waals surface area contributed by atoms with Crippen LogP contribution in [0.1, 0.15) is 28.9 Å². The monoisotopic (exact) mass is 473 g/mol. The van der Waals surface area contributed by atoms with Gasteiger partial charge in [-0.25, -0.2) is 9.37 Å². The Labute approximate surface area is 198 Å². The molecule has 3 heterocycles. The Morgan fingerprint density at radius 1 is 1.06 bits per heavy atom. The minimum Gasteiger partial charge on any atom is -0.486 e. The van der Waals surface area contributed by atoms with Crippen LogP contribution in [0.15, 0.2) is 66.9 Å². The van der Waals surface area contributed by atoms with E-state index in [1.165, 1.54) is 23.5 Å². The number of benzene rings is 3. The van der Waals surface area contributed by atoms with Crippen LogP contribution >= 0.6 is 11.3 Å². The van der Waals surface area contributed by atoms with Crippen LogP contribution in [0.3, 0.4) is 0 Å². The van der Waals surface area contributed by atoms with E-state index >= 15 is 0 Å². The van der Waals surface area contributed by atoms with Gasteiger partial charge in [-0.2, -0.15) is 0 Å². The molecule has 1 amide bonds. The second-order valence-electron chi connectivity index (χ2n) is 8.17. The van der Waals surface area contributed by atoms with E-state index in [1.807, 2.05) is 53.9 Å². The highest BCUT2D eigenvalue weighted by atomic mass is 32.1. The third kappa shape index (κ3) is 3.66. The van der Waals surface area contributed by atoms with Crippen LogP contribution < -0.4 is 14.8 Å². The van der Waals surface area contributed by atoms with Crippen LogP contribution in [0.2, 0.25) is 0 Å². The highest BCUT2D eigenvalue weighted by Gasteiger charge is 2.18. The molecule has 34 heavy (non-hydrogen) atoms. The molecule has 0 bridgehead atoms. The van der Waals surface area contributed by atoms with Crippen molar-refractivity contribution in [3.05, 3.63) is 83.8 Å². The van der Waals surface area contributed by atoms with E-state index in [0.29, 0.717) is 24.5 Å². The fraction of sp³-hybridized carbons (Fsp3) is 0.154. The number of ether oxygens (including phenoxy) is 2. The molecule has 3 aromatic carbocycles. The van der Waals surface area contributed by atoms with Crippen molar-refractivity contribution in [1.82, 2.24) is 14.7 Å². The summed E-state index contributed by atoms with van der Waals surface area (Å²) in [6.07, 6.45) is 1.94. The van der Waals surface area contributed by atoms with Gasteiger partial charge in [-0.3, -0.25) is 9.20 Å². The lowest BCUT2D eigenvalue weighted by atomic mass is 10.1. The van der Waals surface area contributed by atoms with Crippen molar-refractivity contribution in [1.29, 1.82) is 0 Å². The Hall–Kier alpha value is -3.91. The Morgan fingerprint density at radius 3 is 2.68 bits per heavy atom. The predicted molar refractivity (Wildman–Crippen MR) is 129 cm³/mol. The number of carbonyl (C=O) groups is 1. The Morgan fingerprint density at radius 2 is 1.85 bits per heavy atom. The average Bonchev–Trinajstić information content (AvgIpc) is 3.42. The smallest absolute Gasteiger partial charge is 0.251 e. The number of halogens is 1. The first-order valence-electron chi connectivity index (χ1n) is 10.9. The first-order valence-corrected chi connectivity index (χ1v) is 11.7. The van der Waals surface area contributed by atoms with Crippen molar-refractivity contribution >= 4 is 32.4 Å². The summed E-state index contributed by atoms with van der Waals surface area (Å²) in [6.45, 7) is 3.01. The molecule has 0 saturated heterocycles. The summed E-state index contributed by atoms with van der Waals surface area (Å²) in [5, 5.41) is 3.06. The standard InChI is InChI=1S/C26H20FN3O3S/c1-15(17-5-9-22-23(12-17)33-11-10-32-22)28-25(31)18-4-8-21-24(13-18)34-26-29-20(14-30(21)26)16-2-6-19(27)7-3-16/h2-9,12-15H,10-11H2,1H3,(H,28,31). The van der Waals surface area contributed by atoms with Crippen LogP contribution in [0.5, 0.6) is 11.5 Å². The van der Waals surface area contributed by atoms with Crippen LogP contribution in [0.4, 0.5) is 4.39 Å². The number of thiazole rings is 1. The van der Waals surface area contributed by atoms with Gasteiger partial charge in [0.2, 0.25) is 0 Å². The van der Waals surface area contributed by atoms with Crippen molar-refractivity contribution < 1.29 is 18.7 Å². The second-order valence-corrected chi connectivity index (χ2v) is 9.18. The van der Waals surface area contributed by atoms with E-state index in [0.717, 1.165) is 37.7 Å². The first-order chi connectivity index (χ1) is 16.5. The molecule has 1 atom stereocenters. The third-order valence-electron chi connectivity index (χ3n) is 5.91. The lowest BCUT2D eigenvalue weighted by Gasteiger charge is -2.21. The van der Waals surface area contributed by atoms with E-state index in [1.54, 1.807) is 12.1 Å². The lowest BCUT2D eigenvalue weighted by Crippen LogP contribution is -2.26. The Balaban J connectivity index is 1.24. The summed E-state index contributed by atoms with van der Waals surface area (Å²) in [7, 11) is 0. The van der Waals surface area contributed by atoms with Crippen LogP contribution in [0, 0.1) is 5.82 Å². The molecule has 0 fully saturated rings. The van der Waals surface area contributed by atoms with Crippen molar-refractivity contribution in [3.8, 4) is 22.8 Å². The van der Waals surface area contributed by atoms with Crippen LogP contribution in [-0.2, 0) is 0 Å². The number of imidazole rings is 1. The maximum Gasteiger partial charge on any atom is 0.251 e. The van der Waals surface area contributed by atoms with Crippen LogP contribution in [-0.4, -0.2) is 28.5 Å². The lowest BCUT2D eigenvalue weighted by molar-refractivity contribution is 0.0940. The number of hydrogen-bond donors (Lipinski definition) is 1. The molecule has 170 valence electrons. The van der Waals surface area contributed by atoms with Crippen LogP contribution in [0.25, 0.3) is 26.4 Å². The number of carbonyl (C=O) groups excluding carboxylic acids is 1. The van der Waals surface area contributed by atoms with Gasteiger partial charge in [0.1, 0.15) is 19.0 Å². The highest BCUT2D eigenvalue weighted by Crippen LogP contribution is 2.33. The predicted octanol–water partition coefficient (Wildman–Crippen LogP) is 5.62. The zero-order chi connectivity index (χ0) is 23.2. The molecular weight excluding hydrogens is 453 g/mol. The molecule has 1 unspecified atom stereocenters. The molecule has 1 aliphatic rings. The Bertz CT molecular complexity index is 1540. The van der Waals surface area contributed by atoms with Gasteiger partial charge in [-0.15, -0.1) is 0 Å². The summed E-state index contributed by atoms with van der Waals surface area (Å²) in [6, 6.07) is 17.5. The molecule has 0 aliphatic carbocycles. The molecule has 0 radical (unpaired) electrons. The number of rotatable bonds is 4. The van der Waals surface area contributed by atoms with E-state index < -0.39 is 0 Å². The van der Waals surface area contributed by atoms with Gasteiger partial charge in [0.05, 0.1) is 22.0 Å². The zero-order valence-electron chi connectivity index (χ0n) is 18.2. The molecule has 1 N–H and O–H groups in total. The van der Waals surface area contributed by atoms with Gasteiger partial charge in [0, 0.05) is 17.3 Å². The van der Waals surface area contributed by atoms with Gasteiger partial charge in [-0.1, -0.05) is 17.4 Å². The number of aromatic nitrogens is 2. The maximum absolute atomic E-state index is 13.2. The SMILES string of the molecule is CC(NC(=O)c1ccc2c(c1)sc1nc(-c3ccc(F)cc3)cn12)c1ccc2c(c1)OCCO2. The normalized spacial score (nSPS) is 13.8. The van der Waals surface area contributed by atoms with E-state index in [4.69, 9.17) is 9.47 Å². The molecule has 5 aromatic rings. The van der Waals surface area contributed by atoms with Crippen molar-refractivity contribution in [2.24, 2.45) is 0 Å². The van der Waals surface area contributed by atoms with Gasteiger partial charge in [-0.05, 0) is 67.1 Å². The summed E-state index contributed by atoms with van der Waals surface area (Å²) in [5.74, 6) is 1.00. The van der Waals surface area contributed by atoms with E-state index in [9.17, 15) is 9.18 Å². The van der Waals surface area contributed by atoms with Gasteiger partial charge >= 0.3 is 0 Å². The zero-order valence-corrected chi connectivity index (χ0v) is 19.1. The Kier molecular flexibility index (Phi) is 4.95. The summed E-state index contributed by atoms with van der Waals surface area (Å²) >= 11 is 1.51. The van der Waals surface area contributed by atoms with Crippen molar-refractivity contribution in [3.63, 3.8) is 0 Å². The summed E-state index contributed by atoms with van der Waals surface area (Å²) in [5.41, 5.74) is 4.14. The minimum absolute atomic E-state index is 0.151. The van der Waals surface area contributed by atoms with E-state index in [2.05, 4.69) is 10.3 Å². The molecule has 0 spiro atoms. The number of nitrogens with one attached hydrogen (secondary N) is 1. The topological polar surface area (TPSA) is 64.9 Å². The number of amides is 1. The molecule has 1 aliphatic heterocycles.